The van der Waals surface area contributed by atoms with Gasteiger partial charge in [-0.15, -0.1) is 0 Å². The second-order valence-corrected chi connectivity index (χ2v) is 8.42. The highest BCUT2D eigenvalue weighted by Crippen LogP contribution is 2.40. The van der Waals surface area contributed by atoms with Crippen molar-refractivity contribution < 1.29 is 0 Å². The van der Waals surface area contributed by atoms with Crippen LogP contribution in [0, 0.1) is 5.41 Å². The van der Waals surface area contributed by atoms with Crippen LogP contribution in [0.1, 0.15) is 51.5 Å². The Hall–Kier alpha value is -1.82. The van der Waals surface area contributed by atoms with Crippen LogP contribution in [0.2, 0.25) is 0 Å². The van der Waals surface area contributed by atoms with Crippen LogP contribution in [-0.2, 0) is 6.54 Å². The molecular weight excluding hydrogens is 348 g/mol. The summed E-state index contributed by atoms with van der Waals surface area (Å²) in [7, 11) is 2.18. The highest BCUT2D eigenvalue weighted by atomic mass is 15.3. The first-order chi connectivity index (χ1) is 13.6. The number of nitrogens with zero attached hydrogens (tertiary/aromatic N) is 4. The van der Waals surface area contributed by atoms with Gasteiger partial charge in [0.05, 0.1) is 6.54 Å². The summed E-state index contributed by atoms with van der Waals surface area (Å²) in [5.41, 5.74) is 1.61. The molecule has 3 rings (SSSR count). The van der Waals surface area contributed by atoms with Gasteiger partial charge < -0.3 is 20.4 Å². The number of hydrogen-bond donors (Lipinski definition) is 2. The van der Waals surface area contributed by atoms with Crippen LogP contribution in [0.3, 0.4) is 0 Å². The Morgan fingerprint density at radius 1 is 1.11 bits per heavy atom. The highest BCUT2D eigenvalue weighted by Gasteiger charge is 2.31. The average molecular weight is 387 g/mol. The fourth-order valence-electron chi connectivity index (χ4n) is 4.30. The van der Waals surface area contributed by atoms with Crippen molar-refractivity contribution in [3.8, 4) is 0 Å². The Balaban J connectivity index is 1.55. The molecule has 0 unspecified atom stereocenters. The molecule has 0 spiro atoms. The van der Waals surface area contributed by atoms with Crippen LogP contribution in [0.15, 0.2) is 23.3 Å². The van der Waals surface area contributed by atoms with Crippen molar-refractivity contribution in [1.29, 1.82) is 0 Å². The van der Waals surface area contributed by atoms with Gasteiger partial charge in [-0.1, -0.05) is 25.8 Å². The number of aliphatic imine (C=N–C) groups is 1. The van der Waals surface area contributed by atoms with Gasteiger partial charge >= 0.3 is 0 Å². The van der Waals surface area contributed by atoms with Crippen LogP contribution in [-0.4, -0.2) is 62.2 Å². The smallest absolute Gasteiger partial charge is 0.191 e. The summed E-state index contributed by atoms with van der Waals surface area (Å²) in [4.78, 5) is 14.2. The minimum absolute atomic E-state index is 0.460. The third kappa shape index (κ3) is 5.60. The third-order valence-corrected chi connectivity index (χ3v) is 6.45. The van der Waals surface area contributed by atoms with Crippen LogP contribution in [0.5, 0.6) is 0 Å². The number of aromatic nitrogens is 1. The van der Waals surface area contributed by atoms with Gasteiger partial charge in [0.15, 0.2) is 5.96 Å². The molecule has 6 heteroatoms. The quantitative estimate of drug-likeness (QED) is 0.557. The van der Waals surface area contributed by atoms with Crippen LogP contribution >= 0.6 is 0 Å². The number of hydrogen-bond acceptors (Lipinski definition) is 4. The molecule has 0 bridgehead atoms. The molecule has 2 N–H and O–H groups in total. The van der Waals surface area contributed by atoms with Gasteiger partial charge in [0, 0.05) is 45.5 Å². The van der Waals surface area contributed by atoms with E-state index in [0.29, 0.717) is 12.0 Å². The predicted molar refractivity (Wildman–Crippen MR) is 118 cm³/mol. The minimum Gasteiger partial charge on any atom is -0.357 e. The van der Waals surface area contributed by atoms with Gasteiger partial charge in [-0.05, 0) is 50.3 Å². The summed E-state index contributed by atoms with van der Waals surface area (Å²) < 4.78 is 0. The lowest BCUT2D eigenvalue weighted by Crippen LogP contribution is -2.44. The van der Waals surface area contributed by atoms with E-state index < -0.39 is 0 Å². The third-order valence-electron chi connectivity index (χ3n) is 6.45. The molecule has 1 aliphatic carbocycles. The Morgan fingerprint density at radius 3 is 2.46 bits per heavy atom. The zero-order chi connectivity index (χ0) is 19.8. The van der Waals surface area contributed by atoms with Crippen molar-refractivity contribution in [3.05, 3.63) is 23.9 Å². The monoisotopic (exact) mass is 386 g/mol. The molecular formula is C22H38N6. The summed E-state index contributed by atoms with van der Waals surface area (Å²) in [5.74, 6) is 2.00. The van der Waals surface area contributed by atoms with Gasteiger partial charge in [-0.2, -0.15) is 0 Å². The van der Waals surface area contributed by atoms with E-state index >= 15 is 0 Å². The van der Waals surface area contributed by atoms with Crippen LogP contribution < -0.4 is 15.5 Å². The van der Waals surface area contributed by atoms with E-state index in [4.69, 9.17) is 4.99 Å². The van der Waals surface area contributed by atoms with E-state index in [-0.39, 0.29) is 0 Å². The second kappa shape index (κ2) is 10.1. The molecule has 2 heterocycles. The van der Waals surface area contributed by atoms with Gasteiger partial charge in [-0.25, -0.2) is 9.98 Å². The van der Waals surface area contributed by atoms with E-state index in [1.165, 1.54) is 32.1 Å². The molecule has 0 radical (unpaired) electrons. The van der Waals surface area contributed by atoms with E-state index in [1.54, 1.807) is 0 Å². The lowest BCUT2D eigenvalue weighted by atomic mass is 9.83. The van der Waals surface area contributed by atoms with Gasteiger partial charge in [-0.3, -0.25) is 0 Å². The number of piperazine rings is 1. The number of rotatable bonds is 7. The molecule has 1 aromatic rings. The van der Waals surface area contributed by atoms with E-state index in [9.17, 15) is 0 Å². The fraction of sp³-hybridized carbons (Fsp3) is 0.727. The molecule has 1 saturated carbocycles. The second-order valence-electron chi connectivity index (χ2n) is 8.42. The SMILES string of the molecule is CCNC(=NCc1ccc(N2CCN(C)CC2)nc1)NCC1(CC)CCCC1. The maximum Gasteiger partial charge on any atom is 0.191 e. The summed E-state index contributed by atoms with van der Waals surface area (Å²) >= 11 is 0. The topological polar surface area (TPSA) is 55.8 Å². The molecule has 28 heavy (non-hydrogen) atoms. The van der Waals surface area contributed by atoms with Crippen molar-refractivity contribution in [2.45, 2.75) is 52.5 Å². The first-order valence-corrected chi connectivity index (χ1v) is 11.0. The molecule has 6 nitrogen and oxygen atoms in total. The Kier molecular flexibility index (Phi) is 7.54. The Morgan fingerprint density at radius 2 is 1.86 bits per heavy atom. The molecule has 2 fully saturated rings. The van der Waals surface area contributed by atoms with Crippen LogP contribution in [0.25, 0.3) is 0 Å². The molecule has 0 aromatic carbocycles. The molecule has 2 aliphatic rings. The first kappa shape index (κ1) is 20.9. The van der Waals surface area contributed by atoms with Crippen molar-refractivity contribution in [1.82, 2.24) is 20.5 Å². The molecule has 1 saturated heterocycles. The van der Waals surface area contributed by atoms with Gasteiger partial charge in [0.25, 0.3) is 0 Å². The molecule has 0 atom stereocenters. The van der Waals surface area contributed by atoms with E-state index in [2.05, 4.69) is 58.4 Å². The molecule has 1 aliphatic heterocycles. The normalized spacial score (nSPS) is 20.4. The van der Waals surface area contributed by atoms with Crippen LogP contribution in [0.4, 0.5) is 5.82 Å². The summed E-state index contributed by atoms with van der Waals surface area (Å²) in [6, 6.07) is 4.30. The standard InChI is InChI=1S/C22H38N6/c1-4-22(10-6-7-11-22)18-26-21(23-5-2)25-17-19-8-9-20(24-16-19)28-14-12-27(3)13-15-28/h8-9,16H,4-7,10-15,17-18H2,1-3H3,(H2,23,25,26). The maximum atomic E-state index is 4.80. The lowest BCUT2D eigenvalue weighted by Gasteiger charge is -2.33. The van der Waals surface area contributed by atoms with Crippen molar-refractivity contribution in [2.24, 2.45) is 10.4 Å². The molecule has 1 aromatic heterocycles. The van der Waals surface area contributed by atoms with Crippen molar-refractivity contribution >= 4 is 11.8 Å². The number of guanidine groups is 1. The van der Waals surface area contributed by atoms with E-state index in [1.807, 2.05) is 6.20 Å². The van der Waals surface area contributed by atoms with Crippen molar-refractivity contribution in [2.75, 3.05) is 51.2 Å². The summed E-state index contributed by atoms with van der Waals surface area (Å²) in [5, 5.41) is 6.99. The number of nitrogens with one attached hydrogen (secondary N) is 2. The number of anilines is 1. The summed E-state index contributed by atoms with van der Waals surface area (Å²) in [6.07, 6.45) is 8.65. The lowest BCUT2D eigenvalue weighted by molar-refractivity contribution is 0.283. The first-order valence-electron chi connectivity index (χ1n) is 11.0. The molecule has 156 valence electrons. The zero-order valence-electron chi connectivity index (χ0n) is 18.0. The zero-order valence-corrected chi connectivity index (χ0v) is 18.0. The largest absolute Gasteiger partial charge is 0.357 e. The van der Waals surface area contributed by atoms with E-state index in [0.717, 1.165) is 56.6 Å². The summed E-state index contributed by atoms with van der Waals surface area (Å²) in [6.45, 7) is 11.3. The fourth-order valence-corrected chi connectivity index (χ4v) is 4.30. The predicted octanol–water partition coefficient (Wildman–Crippen LogP) is 2.86. The highest BCUT2D eigenvalue weighted by molar-refractivity contribution is 5.79. The molecule has 0 amide bonds. The van der Waals surface area contributed by atoms with Crippen molar-refractivity contribution in [3.63, 3.8) is 0 Å². The van der Waals surface area contributed by atoms with Gasteiger partial charge in [0.2, 0.25) is 0 Å². The minimum atomic E-state index is 0.460. The average Bonchev–Trinajstić information content (AvgIpc) is 3.21. The number of likely N-dealkylation sites (N-methyl/N-ethyl adjacent to an activating group) is 1. The Bertz CT molecular complexity index is 612. The maximum absolute atomic E-state index is 4.80. The number of pyridine rings is 1. The Labute approximate surface area is 170 Å². The van der Waals surface area contributed by atoms with Gasteiger partial charge in [0.1, 0.15) is 5.82 Å².